The van der Waals surface area contributed by atoms with Crippen molar-refractivity contribution >= 4 is 5.82 Å². The number of benzene rings is 1. The van der Waals surface area contributed by atoms with E-state index in [2.05, 4.69) is 51.0 Å². The fraction of sp³-hybridized carbons (Fsp3) is 0.500. The Balaban J connectivity index is 1.56. The fourth-order valence-corrected chi connectivity index (χ4v) is 3.79. The van der Waals surface area contributed by atoms with Gasteiger partial charge in [0.2, 0.25) is 0 Å². The van der Waals surface area contributed by atoms with Crippen LogP contribution in [0.1, 0.15) is 31.4 Å². The van der Waals surface area contributed by atoms with E-state index in [0.29, 0.717) is 6.04 Å². The maximum absolute atomic E-state index is 5.46. The van der Waals surface area contributed by atoms with Gasteiger partial charge in [-0.25, -0.2) is 4.98 Å². The summed E-state index contributed by atoms with van der Waals surface area (Å²) in [6.45, 7) is 8.12. The lowest BCUT2D eigenvalue weighted by Gasteiger charge is -2.32. The van der Waals surface area contributed by atoms with Gasteiger partial charge in [0, 0.05) is 50.2 Å². The normalized spacial score (nSPS) is 20.0. The third-order valence-corrected chi connectivity index (χ3v) is 5.34. The minimum absolute atomic E-state index is 0.415. The topological polar surface area (TPSA) is 41.5 Å². The molecule has 1 aromatic heterocycles. The molecule has 0 amide bonds. The largest absolute Gasteiger partial charge is 0.379 e. The lowest BCUT2D eigenvalue weighted by Crippen LogP contribution is -2.37. The van der Waals surface area contributed by atoms with Gasteiger partial charge in [-0.15, -0.1) is 0 Å². The second-order valence-corrected chi connectivity index (χ2v) is 6.87. The minimum atomic E-state index is 0.415. The molecule has 2 aliphatic heterocycles. The van der Waals surface area contributed by atoms with E-state index < -0.39 is 0 Å². The third kappa shape index (κ3) is 3.53. The zero-order valence-corrected chi connectivity index (χ0v) is 14.9. The molecule has 0 unspecified atom stereocenters. The summed E-state index contributed by atoms with van der Waals surface area (Å²) in [5, 5.41) is 0. The van der Waals surface area contributed by atoms with Crippen LogP contribution < -0.4 is 4.90 Å². The van der Waals surface area contributed by atoms with E-state index in [4.69, 9.17) is 4.74 Å². The Morgan fingerprint density at radius 2 is 1.60 bits per heavy atom. The summed E-state index contributed by atoms with van der Waals surface area (Å²) in [5.41, 5.74) is 3.49. The third-order valence-electron chi connectivity index (χ3n) is 5.34. The van der Waals surface area contributed by atoms with E-state index in [0.717, 1.165) is 56.5 Å². The molecular weight excluding hydrogens is 312 g/mol. The molecule has 1 atom stereocenters. The SMILES string of the molecule is C[C@H](c1ccc(-c2nccnc2N2CCCC2)cc1)N1CCOCC1. The van der Waals surface area contributed by atoms with Crippen molar-refractivity contribution in [3.8, 4) is 11.3 Å². The molecule has 0 bridgehead atoms. The van der Waals surface area contributed by atoms with E-state index >= 15 is 0 Å². The maximum Gasteiger partial charge on any atom is 0.155 e. The molecule has 2 fully saturated rings. The van der Waals surface area contributed by atoms with Gasteiger partial charge in [0.05, 0.1) is 13.2 Å². The van der Waals surface area contributed by atoms with Crippen LogP contribution in [0.15, 0.2) is 36.7 Å². The predicted octanol–water partition coefficient (Wildman–Crippen LogP) is 3.14. The molecule has 5 nitrogen and oxygen atoms in total. The Morgan fingerprint density at radius 1 is 0.920 bits per heavy atom. The molecular formula is C20H26N4O. The number of aromatic nitrogens is 2. The van der Waals surface area contributed by atoms with Gasteiger partial charge < -0.3 is 9.64 Å². The molecule has 5 heteroatoms. The molecule has 0 aliphatic carbocycles. The van der Waals surface area contributed by atoms with Crippen LogP contribution in [0.4, 0.5) is 5.82 Å². The second-order valence-electron chi connectivity index (χ2n) is 6.87. The average molecular weight is 338 g/mol. The number of hydrogen-bond acceptors (Lipinski definition) is 5. The van der Waals surface area contributed by atoms with Crippen molar-refractivity contribution < 1.29 is 4.74 Å². The van der Waals surface area contributed by atoms with Crippen LogP contribution in [0, 0.1) is 0 Å². The number of hydrogen-bond donors (Lipinski definition) is 0. The maximum atomic E-state index is 5.46. The quantitative estimate of drug-likeness (QED) is 0.857. The Labute approximate surface area is 149 Å². The van der Waals surface area contributed by atoms with Crippen molar-refractivity contribution in [2.24, 2.45) is 0 Å². The van der Waals surface area contributed by atoms with Gasteiger partial charge in [-0.2, -0.15) is 0 Å². The monoisotopic (exact) mass is 338 g/mol. The summed E-state index contributed by atoms with van der Waals surface area (Å²) < 4.78 is 5.46. The molecule has 0 spiro atoms. The molecule has 25 heavy (non-hydrogen) atoms. The summed E-state index contributed by atoms with van der Waals surface area (Å²) in [5.74, 6) is 1.02. The van der Waals surface area contributed by atoms with Gasteiger partial charge in [-0.3, -0.25) is 9.88 Å². The minimum Gasteiger partial charge on any atom is -0.379 e. The zero-order chi connectivity index (χ0) is 17.1. The number of anilines is 1. The molecule has 2 aromatic rings. The number of morpholine rings is 1. The summed E-state index contributed by atoms with van der Waals surface area (Å²) in [6, 6.07) is 9.26. The molecule has 2 aliphatic rings. The van der Waals surface area contributed by atoms with Crippen molar-refractivity contribution in [2.45, 2.75) is 25.8 Å². The summed E-state index contributed by atoms with van der Waals surface area (Å²) in [4.78, 5) is 14.1. The van der Waals surface area contributed by atoms with Gasteiger partial charge in [-0.05, 0) is 25.3 Å². The molecule has 132 valence electrons. The van der Waals surface area contributed by atoms with E-state index in [-0.39, 0.29) is 0 Å². The molecule has 0 N–H and O–H groups in total. The zero-order valence-electron chi connectivity index (χ0n) is 14.9. The van der Waals surface area contributed by atoms with Crippen molar-refractivity contribution in [1.82, 2.24) is 14.9 Å². The number of nitrogens with zero attached hydrogens (tertiary/aromatic N) is 4. The standard InChI is InChI=1S/C20H26N4O/c1-16(23-12-14-25-15-13-23)17-4-6-18(7-5-17)19-20(22-9-8-21-19)24-10-2-3-11-24/h4-9,16H,2-3,10-15H2,1H3/t16-/m1/s1. The van der Waals surface area contributed by atoms with Gasteiger partial charge in [0.25, 0.3) is 0 Å². The van der Waals surface area contributed by atoms with E-state index in [1.807, 2.05) is 0 Å². The van der Waals surface area contributed by atoms with Crippen LogP contribution in [0.2, 0.25) is 0 Å². The van der Waals surface area contributed by atoms with Gasteiger partial charge >= 0.3 is 0 Å². The highest BCUT2D eigenvalue weighted by Crippen LogP contribution is 2.30. The van der Waals surface area contributed by atoms with Crippen LogP contribution >= 0.6 is 0 Å². The smallest absolute Gasteiger partial charge is 0.155 e. The van der Waals surface area contributed by atoms with Crippen molar-refractivity contribution in [2.75, 3.05) is 44.3 Å². The summed E-state index contributed by atoms with van der Waals surface area (Å²) >= 11 is 0. The average Bonchev–Trinajstić information content (AvgIpc) is 3.23. The Bertz CT molecular complexity index is 691. The Hall–Kier alpha value is -1.98. The highest BCUT2D eigenvalue weighted by Gasteiger charge is 2.20. The first-order valence-corrected chi connectivity index (χ1v) is 9.31. The first-order chi connectivity index (χ1) is 12.3. The predicted molar refractivity (Wildman–Crippen MR) is 99.7 cm³/mol. The van der Waals surface area contributed by atoms with Crippen LogP contribution in [0.25, 0.3) is 11.3 Å². The van der Waals surface area contributed by atoms with Crippen LogP contribution in [-0.4, -0.2) is 54.3 Å². The van der Waals surface area contributed by atoms with Crippen molar-refractivity contribution in [1.29, 1.82) is 0 Å². The lowest BCUT2D eigenvalue weighted by atomic mass is 10.0. The molecule has 2 saturated heterocycles. The molecule has 0 saturated carbocycles. The summed E-state index contributed by atoms with van der Waals surface area (Å²) in [7, 11) is 0. The lowest BCUT2D eigenvalue weighted by molar-refractivity contribution is 0.0198. The number of rotatable bonds is 4. The summed E-state index contributed by atoms with van der Waals surface area (Å²) in [6.07, 6.45) is 6.07. The highest BCUT2D eigenvalue weighted by atomic mass is 16.5. The van der Waals surface area contributed by atoms with Crippen molar-refractivity contribution in [3.63, 3.8) is 0 Å². The van der Waals surface area contributed by atoms with Crippen LogP contribution in [-0.2, 0) is 4.74 Å². The van der Waals surface area contributed by atoms with Gasteiger partial charge in [-0.1, -0.05) is 24.3 Å². The second kappa shape index (κ2) is 7.50. The highest BCUT2D eigenvalue weighted by molar-refractivity contribution is 5.72. The van der Waals surface area contributed by atoms with E-state index in [1.165, 1.54) is 18.4 Å². The Morgan fingerprint density at radius 3 is 2.32 bits per heavy atom. The molecule has 4 rings (SSSR count). The first-order valence-electron chi connectivity index (χ1n) is 9.31. The Kier molecular flexibility index (Phi) is 4.95. The molecule has 3 heterocycles. The van der Waals surface area contributed by atoms with Gasteiger partial charge in [0.15, 0.2) is 5.82 Å². The molecule has 0 radical (unpaired) electrons. The molecule has 1 aromatic carbocycles. The van der Waals surface area contributed by atoms with Crippen molar-refractivity contribution in [3.05, 3.63) is 42.2 Å². The van der Waals surface area contributed by atoms with E-state index in [9.17, 15) is 0 Å². The number of ether oxygens (including phenoxy) is 1. The van der Waals surface area contributed by atoms with Crippen LogP contribution in [0.5, 0.6) is 0 Å². The van der Waals surface area contributed by atoms with Crippen LogP contribution in [0.3, 0.4) is 0 Å². The first kappa shape index (κ1) is 16.5. The van der Waals surface area contributed by atoms with E-state index in [1.54, 1.807) is 12.4 Å². The van der Waals surface area contributed by atoms with Gasteiger partial charge in [0.1, 0.15) is 5.69 Å². The fourth-order valence-electron chi connectivity index (χ4n) is 3.79.